The molecule has 5 heteroatoms. The number of nitriles is 1. The monoisotopic (exact) mass is 249 g/mol. The fraction of sp³-hybridized carbons (Fsp3) is 0.125. The SMILES string of the molecule is N#Cc1ccc(C(F)(F)Br)cc1F. The zero-order valence-electron chi connectivity index (χ0n) is 6.19. The van der Waals surface area contributed by atoms with Gasteiger partial charge >= 0.3 is 4.83 Å². The van der Waals surface area contributed by atoms with Crippen LogP contribution in [0.5, 0.6) is 0 Å². The van der Waals surface area contributed by atoms with Gasteiger partial charge in [-0.3, -0.25) is 0 Å². The van der Waals surface area contributed by atoms with E-state index in [1.807, 2.05) is 0 Å². The van der Waals surface area contributed by atoms with Crippen LogP contribution in [-0.4, -0.2) is 0 Å². The number of rotatable bonds is 1. The van der Waals surface area contributed by atoms with Gasteiger partial charge in [0.15, 0.2) is 0 Å². The van der Waals surface area contributed by atoms with Crippen molar-refractivity contribution in [2.45, 2.75) is 4.83 Å². The fourth-order valence-electron chi connectivity index (χ4n) is 0.782. The van der Waals surface area contributed by atoms with Gasteiger partial charge in [0.2, 0.25) is 0 Å². The molecule has 1 nitrogen and oxygen atoms in total. The molecule has 1 rings (SSSR count). The average molecular weight is 250 g/mol. The maximum absolute atomic E-state index is 12.8. The Labute approximate surface area is 80.9 Å². The summed E-state index contributed by atoms with van der Waals surface area (Å²) >= 11 is 2.08. The minimum Gasteiger partial charge on any atom is -0.206 e. The first kappa shape index (κ1) is 10.1. The Morgan fingerprint density at radius 3 is 2.38 bits per heavy atom. The van der Waals surface area contributed by atoms with Crippen molar-refractivity contribution in [3.05, 3.63) is 35.1 Å². The molecular formula is C8H3BrF3N. The molecule has 0 aliphatic rings. The highest BCUT2D eigenvalue weighted by atomic mass is 79.9. The van der Waals surface area contributed by atoms with Gasteiger partial charge in [0.1, 0.15) is 11.9 Å². The summed E-state index contributed by atoms with van der Waals surface area (Å²) in [7, 11) is 0. The summed E-state index contributed by atoms with van der Waals surface area (Å²) in [6.07, 6.45) is 0. The summed E-state index contributed by atoms with van der Waals surface area (Å²) in [5.41, 5.74) is -0.760. The molecule has 0 aromatic heterocycles. The first-order valence-electron chi connectivity index (χ1n) is 3.22. The third kappa shape index (κ3) is 2.22. The fourth-order valence-corrected chi connectivity index (χ4v) is 1.03. The van der Waals surface area contributed by atoms with E-state index in [0.717, 1.165) is 12.1 Å². The van der Waals surface area contributed by atoms with Crippen molar-refractivity contribution in [1.29, 1.82) is 5.26 Å². The Kier molecular flexibility index (Phi) is 2.62. The molecule has 13 heavy (non-hydrogen) atoms. The molecule has 0 N–H and O–H groups in total. The number of halogens is 4. The summed E-state index contributed by atoms with van der Waals surface area (Å²) in [6.45, 7) is 0. The lowest BCUT2D eigenvalue weighted by Crippen LogP contribution is -2.03. The summed E-state index contributed by atoms with van der Waals surface area (Å²) < 4.78 is 37.9. The first-order valence-corrected chi connectivity index (χ1v) is 4.01. The zero-order valence-corrected chi connectivity index (χ0v) is 7.78. The van der Waals surface area contributed by atoms with E-state index in [9.17, 15) is 13.2 Å². The Hall–Kier alpha value is -1.02. The molecule has 0 fully saturated rings. The van der Waals surface area contributed by atoms with Gasteiger partial charge in [-0.05, 0) is 28.1 Å². The van der Waals surface area contributed by atoms with Crippen LogP contribution >= 0.6 is 15.9 Å². The van der Waals surface area contributed by atoms with Crippen molar-refractivity contribution < 1.29 is 13.2 Å². The van der Waals surface area contributed by atoms with Crippen molar-refractivity contribution >= 4 is 15.9 Å². The maximum Gasteiger partial charge on any atom is 0.326 e. The highest BCUT2D eigenvalue weighted by Crippen LogP contribution is 2.34. The predicted octanol–water partition coefficient (Wildman–Crippen LogP) is 3.14. The Bertz CT molecular complexity index is 365. The van der Waals surface area contributed by atoms with E-state index in [2.05, 4.69) is 15.9 Å². The molecule has 0 amide bonds. The predicted molar refractivity (Wildman–Crippen MR) is 43.9 cm³/mol. The van der Waals surface area contributed by atoms with Gasteiger partial charge in [-0.25, -0.2) is 4.39 Å². The lowest BCUT2D eigenvalue weighted by Gasteiger charge is -2.08. The van der Waals surface area contributed by atoms with Gasteiger partial charge in [0.05, 0.1) is 5.56 Å². The lowest BCUT2D eigenvalue weighted by atomic mass is 10.1. The lowest BCUT2D eigenvalue weighted by molar-refractivity contribution is 0.114. The summed E-state index contributed by atoms with van der Waals surface area (Å²) in [5, 5.41) is 8.32. The van der Waals surface area contributed by atoms with E-state index in [0.29, 0.717) is 6.07 Å². The van der Waals surface area contributed by atoms with Crippen molar-refractivity contribution in [1.82, 2.24) is 0 Å². The number of benzene rings is 1. The van der Waals surface area contributed by atoms with Gasteiger partial charge in [-0.1, -0.05) is 6.07 Å². The maximum atomic E-state index is 12.8. The van der Waals surface area contributed by atoms with Crippen molar-refractivity contribution in [2.24, 2.45) is 0 Å². The quantitative estimate of drug-likeness (QED) is 0.702. The molecule has 0 spiro atoms. The molecular weight excluding hydrogens is 247 g/mol. The minimum atomic E-state index is -3.26. The van der Waals surface area contributed by atoms with Crippen LogP contribution in [0.3, 0.4) is 0 Å². The van der Waals surface area contributed by atoms with Crippen LogP contribution in [0.1, 0.15) is 11.1 Å². The van der Waals surface area contributed by atoms with Crippen LogP contribution in [0.2, 0.25) is 0 Å². The van der Waals surface area contributed by atoms with Gasteiger partial charge in [-0.15, -0.1) is 0 Å². The van der Waals surface area contributed by atoms with E-state index in [1.165, 1.54) is 6.07 Å². The standard InChI is InChI=1S/C8H3BrF3N/c9-8(11,12)6-2-1-5(4-13)7(10)3-6/h1-3H. The Balaban J connectivity index is 3.20. The highest BCUT2D eigenvalue weighted by Gasteiger charge is 2.27. The molecule has 0 heterocycles. The molecule has 0 aliphatic heterocycles. The molecule has 0 aliphatic carbocycles. The number of nitrogens with zero attached hydrogens (tertiary/aromatic N) is 1. The van der Waals surface area contributed by atoms with Crippen LogP contribution in [0.4, 0.5) is 13.2 Å². The molecule has 0 saturated heterocycles. The molecule has 0 bridgehead atoms. The van der Waals surface area contributed by atoms with Crippen LogP contribution in [0.15, 0.2) is 18.2 Å². The number of hydrogen-bond donors (Lipinski definition) is 0. The second kappa shape index (κ2) is 3.38. The second-order valence-electron chi connectivity index (χ2n) is 2.30. The van der Waals surface area contributed by atoms with Crippen molar-refractivity contribution in [2.75, 3.05) is 0 Å². The Morgan fingerprint density at radius 1 is 1.38 bits per heavy atom. The van der Waals surface area contributed by atoms with Gasteiger partial charge in [0.25, 0.3) is 0 Å². The van der Waals surface area contributed by atoms with Gasteiger partial charge in [-0.2, -0.15) is 14.0 Å². The molecule has 1 aromatic rings. The van der Waals surface area contributed by atoms with Gasteiger partial charge in [0, 0.05) is 5.56 Å². The topological polar surface area (TPSA) is 23.8 Å². The van der Waals surface area contributed by atoms with E-state index in [4.69, 9.17) is 5.26 Å². The van der Waals surface area contributed by atoms with Crippen LogP contribution in [0, 0.1) is 17.1 Å². The third-order valence-corrected chi connectivity index (χ3v) is 1.87. The molecule has 0 unspecified atom stereocenters. The number of alkyl halides is 3. The number of hydrogen-bond acceptors (Lipinski definition) is 1. The first-order chi connectivity index (χ1) is 5.95. The highest BCUT2D eigenvalue weighted by molar-refractivity contribution is 9.09. The summed E-state index contributed by atoms with van der Waals surface area (Å²) in [4.78, 5) is -3.26. The molecule has 0 saturated carbocycles. The molecule has 0 atom stereocenters. The van der Waals surface area contributed by atoms with E-state index < -0.39 is 16.2 Å². The van der Waals surface area contributed by atoms with Crippen molar-refractivity contribution in [3.63, 3.8) is 0 Å². The molecule has 1 aromatic carbocycles. The normalized spacial score (nSPS) is 11.0. The minimum absolute atomic E-state index is 0.250. The van der Waals surface area contributed by atoms with Crippen LogP contribution in [-0.2, 0) is 4.83 Å². The second-order valence-corrected chi connectivity index (χ2v) is 3.30. The van der Waals surface area contributed by atoms with Crippen LogP contribution < -0.4 is 0 Å². The van der Waals surface area contributed by atoms with Crippen LogP contribution in [0.25, 0.3) is 0 Å². The van der Waals surface area contributed by atoms with E-state index in [-0.39, 0.29) is 5.56 Å². The zero-order chi connectivity index (χ0) is 10.1. The average Bonchev–Trinajstić information content (AvgIpc) is 2.02. The van der Waals surface area contributed by atoms with E-state index in [1.54, 1.807) is 0 Å². The molecule has 68 valence electrons. The summed E-state index contributed by atoms with van der Waals surface area (Å²) in [6, 6.07) is 4.18. The van der Waals surface area contributed by atoms with Crippen molar-refractivity contribution in [3.8, 4) is 6.07 Å². The third-order valence-electron chi connectivity index (χ3n) is 1.42. The smallest absolute Gasteiger partial charge is 0.206 e. The van der Waals surface area contributed by atoms with E-state index >= 15 is 0 Å². The Morgan fingerprint density at radius 2 is 2.00 bits per heavy atom. The van der Waals surface area contributed by atoms with Gasteiger partial charge < -0.3 is 0 Å². The molecule has 0 radical (unpaired) electrons. The largest absolute Gasteiger partial charge is 0.326 e. The summed E-state index contributed by atoms with van der Waals surface area (Å²) in [5.74, 6) is -0.945.